The second-order valence-electron chi connectivity index (χ2n) is 8.58. The molecule has 178 valence electrons. The number of halogens is 1. The molecule has 8 nitrogen and oxygen atoms in total. The summed E-state index contributed by atoms with van der Waals surface area (Å²) in [6, 6.07) is 17.6. The molecule has 2 atom stereocenters. The maximum Gasteiger partial charge on any atom is 0.348 e. The number of likely N-dealkylation sites (tertiary alicyclic amines) is 1. The van der Waals surface area contributed by atoms with E-state index in [1.165, 1.54) is 18.6 Å². The molecule has 1 aromatic heterocycles. The van der Waals surface area contributed by atoms with Gasteiger partial charge in [-0.15, -0.1) is 0 Å². The van der Waals surface area contributed by atoms with Gasteiger partial charge in [0.1, 0.15) is 6.54 Å². The van der Waals surface area contributed by atoms with Gasteiger partial charge in [0.05, 0.1) is 19.8 Å². The number of hydrogen-bond acceptors (Lipinski definition) is 6. The molecule has 1 unspecified atom stereocenters. The maximum atomic E-state index is 13.3. The summed E-state index contributed by atoms with van der Waals surface area (Å²) in [4.78, 5) is 33.8. The second-order valence-corrected chi connectivity index (χ2v) is 8.58. The first-order chi connectivity index (χ1) is 15.9. The first-order valence-corrected chi connectivity index (χ1v) is 10.8. The number of nitrogens with one attached hydrogen (secondary N) is 1. The normalized spacial score (nSPS) is 19.6. The average Bonchev–Trinajstić information content (AvgIpc) is 3.19. The molecule has 1 saturated heterocycles. The third-order valence-corrected chi connectivity index (χ3v) is 5.94. The molecule has 1 fully saturated rings. The Bertz CT molecular complexity index is 1060. The number of hydrogen-bond donors (Lipinski definition) is 2. The molecule has 2 N–H and O–H groups in total. The zero-order valence-corrected chi connectivity index (χ0v) is 20.4. The molecule has 0 aliphatic carbocycles. The minimum atomic E-state index is -1.92. The van der Waals surface area contributed by atoms with E-state index in [4.69, 9.17) is 4.74 Å². The van der Waals surface area contributed by atoms with E-state index in [-0.39, 0.29) is 29.4 Å². The van der Waals surface area contributed by atoms with Gasteiger partial charge in [-0.25, -0.2) is 9.78 Å². The number of carbonyl (C=O) groups is 2. The van der Waals surface area contributed by atoms with Crippen LogP contribution in [0.25, 0.3) is 0 Å². The molecular weight excluding hydrogens is 500 g/mol. The first kappa shape index (κ1) is 25.5. The number of ether oxygens (including phenoxy) is 1. The smallest absolute Gasteiger partial charge is 0.348 e. The van der Waals surface area contributed by atoms with Gasteiger partial charge in [-0.1, -0.05) is 60.7 Å². The SMILES string of the molecule is C[N+]1(CC(=O)Nc2cnccn2)CC[C@@H](OC(=O)C(O)(c2ccccc2)c2ccccc2)C1.[Br-]. The number of amides is 1. The molecule has 34 heavy (non-hydrogen) atoms. The number of esters is 1. The van der Waals surface area contributed by atoms with Gasteiger partial charge >= 0.3 is 5.97 Å². The Morgan fingerprint density at radius 3 is 2.26 bits per heavy atom. The van der Waals surface area contributed by atoms with E-state index >= 15 is 0 Å². The third-order valence-electron chi connectivity index (χ3n) is 5.94. The highest BCUT2D eigenvalue weighted by molar-refractivity contribution is 5.90. The molecule has 0 saturated carbocycles. The van der Waals surface area contributed by atoms with Gasteiger partial charge < -0.3 is 36.6 Å². The quantitative estimate of drug-likeness (QED) is 0.306. The Labute approximate surface area is 209 Å². The summed E-state index contributed by atoms with van der Waals surface area (Å²) >= 11 is 0. The highest BCUT2D eigenvalue weighted by Gasteiger charge is 2.45. The van der Waals surface area contributed by atoms with Crippen LogP contribution in [0.1, 0.15) is 17.5 Å². The Morgan fingerprint density at radius 2 is 1.71 bits per heavy atom. The lowest BCUT2D eigenvalue weighted by atomic mass is 9.86. The van der Waals surface area contributed by atoms with Crippen molar-refractivity contribution in [1.29, 1.82) is 0 Å². The number of aromatic nitrogens is 2. The lowest BCUT2D eigenvalue weighted by Gasteiger charge is -2.30. The standard InChI is InChI=1S/C25H26N4O4.BrH/c1-29(18-23(30)28-22-16-26-13-14-27-22)15-12-21(17-29)33-24(31)25(32,19-8-4-2-5-9-19)20-10-6-3-7-11-20;/h2-11,13-14,16,21,32H,12,15,17-18H2,1H3;1H/t21-,29?;/m1./s1. The van der Waals surface area contributed by atoms with Crippen LogP contribution in [0.3, 0.4) is 0 Å². The van der Waals surface area contributed by atoms with Crippen LogP contribution in [-0.4, -0.2) is 64.2 Å². The molecule has 2 heterocycles. The molecule has 1 amide bonds. The van der Waals surface area contributed by atoms with Gasteiger partial charge in [-0.3, -0.25) is 9.78 Å². The molecule has 1 aliphatic rings. The van der Waals surface area contributed by atoms with Crippen molar-refractivity contribution in [2.75, 3.05) is 32.0 Å². The van der Waals surface area contributed by atoms with Crippen molar-refractivity contribution in [1.82, 2.24) is 9.97 Å². The minimum absolute atomic E-state index is 0. The predicted molar refractivity (Wildman–Crippen MR) is 122 cm³/mol. The van der Waals surface area contributed by atoms with Crippen LogP contribution in [0.5, 0.6) is 0 Å². The lowest BCUT2D eigenvalue weighted by Crippen LogP contribution is -3.00. The van der Waals surface area contributed by atoms with E-state index in [9.17, 15) is 14.7 Å². The zero-order valence-electron chi connectivity index (χ0n) is 18.8. The van der Waals surface area contributed by atoms with E-state index in [0.717, 1.165) is 0 Å². The number of anilines is 1. The summed E-state index contributed by atoms with van der Waals surface area (Å²) in [6.45, 7) is 1.35. The fourth-order valence-electron chi connectivity index (χ4n) is 4.26. The highest BCUT2D eigenvalue weighted by atomic mass is 79.9. The molecule has 0 spiro atoms. The van der Waals surface area contributed by atoms with Crippen molar-refractivity contribution >= 4 is 17.7 Å². The second kappa shape index (κ2) is 10.9. The fourth-order valence-corrected chi connectivity index (χ4v) is 4.26. The van der Waals surface area contributed by atoms with E-state index in [1.807, 2.05) is 19.2 Å². The summed E-state index contributed by atoms with van der Waals surface area (Å²) in [5.41, 5.74) is -1.03. The van der Waals surface area contributed by atoms with Gasteiger partial charge in [-0.05, 0) is 11.1 Å². The van der Waals surface area contributed by atoms with Crippen LogP contribution in [0.15, 0.2) is 79.3 Å². The summed E-state index contributed by atoms with van der Waals surface area (Å²) < 4.78 is 6.24. The van der Waals surface area contributed by atoms with Gasteiger partial charge in [-0.2, -0.15) is 0 Å². The van der Waals surface area contributed by atoms with E-state index in [0.29, 0.717) is 40.9 Å². The molecule has 0 bridgehead atoms. The Morgan fingerprint density at radius 1 is 1.09 bits per heavy atom. The summed E-state index contributed by atoms with van der Waals surface area (Å²) in [7, 11) is 1.95. The predicted octanol–water partition coefficient (Wildman–Crippen LogP) is -0.883. The van der Waals surface area contributed by atoms with Gasteiger partial charge in [0, 0.05) is 18.8 Å². The largest absolute Gasteiger partial charge is 1.00 e. The number of quaternary nitrogens is 1. The van der Waals surface area contributed by atoms with Crippen molar-refractivity contribution in [2.45, 2.75) is 18.1 Å². The Kier molecular flexibility index (Phi) is 8.14. The maximum absolute atomic E-state index is 13.3. The number of rotatable bonds is 7. The van der Waals surface area contributed by atoms with Crippen molar-refractivity contribution in [3.63, 3.8) is 0 Å². The van der Waals surface area contributed by atoms with Crippen LogP contribution in [0, 0.1) is 0 Å². The number of nitrogens with zero attached hydrogens (tertiary/aromatic N) is 3. The van der Waals surface area contributed by atoms with Crippen molar-refractivity contribution < 1.29 is 40.9 Å². The van der Waals surface area contributed by atoms with Crippen molar-refractivity contribution in [2.24, 2.45) is 0 Å². The summed E-state index contributed by atoms with van der Waals surface area (Å²) in [5, 5.41) is 14.3. The Hall–Kier alpha value is -3.14. The monoisotopic (exact) mass is 526 g/mol. The van der Waals surface area contributed by atoms with E-state index in [2.05, 4.69) is 15.3 Å². The minimum Gasteiger partial charge on any atom is -1.00 e. The molecular formula is C25H27BrN4O4. The van der Waals surface area contributed by atoms with Crippen LogP contribution in [0.2, 0.25) is 0 Å². The topological polar surface area (TPSA) is 101 Å². The third kappa shape index (κ3) is 5.67. The zero-order chi connectivity index (χ0) is 23.3. The number of carbonyl (C=O) groups excluding carboxylic acids is 2. The molecule has 4 rings (SSSR count). The van der Waals surface area contributed by atoms with Crippen LogP contribution < -0.4 is 22.3 Å². The molecule has 2 aromatic carbocycles. The van der Waals surface area contributed by atoms with E-state index in [1.54, 1.807) is 48.5 Å². The fraction of sp³-hybridized carbons (Fsp3) is 0.280. The summed E-state index contributed by atoms with van der Waals surface area (Å²) in [6.07, 6.45) is 4.72. The Balaban J connectivity index is 0.00000324. The number of benzene rings is 2. The van der Waals surface area contributed by atoms with Gasteiger partial charge in [0.2, 0.25) is 5.60 Å². The molecule has 3 aromatic rings. The lowest BCUT2D eigenvalue weighted by molar-refractivity contribution is -0.890. The van der Waals surface area contributed by atoms with Crippen LogP contribution in [0.4, 0.5) is 5.82 Å². The van der Waals surface area contributed by atoms with Gasteiger partial charge in [0.25, 0.3) is 5.91 Å². The highest BCUT2D eigenvalue weighted by Crippen LogP contribution is 2.32. The molecule has 0 radical (unpaired) electrons. The summed E-state index contributed by atoms with van der Waals surface area (Å²) in [5.74, 6) is -0.510. The van der Waals surface area contributed by atoms with Crippen LogP contribution in [-0.2, 0) is 19.9 Å². The number of aliphatic hydroxyl groups is 1. The average molecular weight is 527 g/mol. The first-order valence-electron chi connectivity index (χ1n) is 10.8. The van der Waals surface area contributed by atoms with Crippen molar-refractivity contribution in [3.8, 4) is 0 Å². The number of likely N-dealkylation sites (N-methyl/N-ethyl adjacent to an activating group) is 1. The molecule has 1 aliphatic heterocycles. The van der Waals surface area contributed by atoms with Crippen molar-refractivity contribution in [3.05, 3.63) is 90.4 Å². The van der Waals surface area contributed by atoms with E-state index < -0.39 is 17.7 Å². The van der Waals surface area contributed by atoms with Crippen LogP contribution >= 0.6 is 0 Å². The van der Waals surface area contributed by atoms with Gasteiger partial charge in [0.15, 0.2) is 18.5 Å². The molecule has 9 heteroatoms.